The number of hydrogen-bond acceptors (Lipinski definition) is 3. The molecule has 6 heteroatoms. The first kappa shape index (κ1) is 25.5. The zero-order valence-corrected chi connectivity index (χ0v) is 21.2. The Balaban J connectivity index is 1.73. The summed E-state index contributed by atoms with van der Waals surface area (Å²) in [5.74, 6) is 0.255. The summed E-state index contributed by atoms with van der Waals surface area (Å²) in [5.41, 5.74) is 2.11. The number of aryl methyl sites for hydroxylation is 1. The van der Waals surface area contributed by atoms with Crippen LogP contribution in [0.3, 0.4) is 0 Å². The summed E-state index contributed by atoms with van der Waals surface area (Å²) >= 11 is 1.70. The van der Waals surface area contributed by atoms with Crippen molar-refractivity contribution in [3.63, 3.8) is 0 Å². The lowest BCUT2D eigenvalue weighted by atomic mass is 10.1. The zero-order valence-electron chi connectivity index (χ0n) is 20.4. The fourth-order valence-electron chi connectivity index (χ4n) is 3.67. The number of thiophene rings is 1. The van der Waals surface area contributed by atoms with Crippen molar-refractivity contribution in [1.82, 2.24) is 15.1 Å². The van der Waals surface area contributed by atoms with Crippen molar-refractivity contribution in [2.45, 2.75) is 46.8 Å². The minimum absolute atomic E-state index is 0.0481. The van der Waals surface area contributed by atoms with Crippen LogP contribution in [0.5, 0.6) is 0 Å². The van der Waals surface area contributed by atoms with E-state index in [4.69, 9.17) is 0 Å². The van der Waals surface area contributed by atoms with Crippen molar-refractivity contribution in [2.24, 2.45) is 5.92 Å². The molecule has 3 rings (SSSR count). The van der Waals surface area contributed by atoms with Gasteiger partial charge in [-0.2, -0.15) is 0 Å². The van der Waals surface area contributed by atoms with Crippen molar-refractivity contribution < 1.29 is 9.59 Å². The monoisotopic (exact) mass is 477 g/mol. The van der Waals surface area contributed by atoms with Gasteiger partial charge in [-0.25, -0.2) is 4.79 Å². The predicted molar refractivity (Wildman–Crippen MR) is 139 cm³/mol. The lowest BCUT2D eigenvalue weighted by Crippen LogP contribution is -2.47. The van der Waals surface area contributed by atoms with E-state index in [0.717, 1.165) is 22.4 Å². The predicted octanol–water partition coefficient (Wildman–Crippen LogP) is 5.84. The van der Waals surface area contributed by atoms with Gasteiger partial charge in [0.25, 0.3) is 0 Å². The number of rotatable bonds is 11. The average Bonchev–Trinajstić information content (AvgIpc) is 3.27. The molecule has 3 aromatic rings. The molecule has 1 heterocycles. The molecule has 5 nitrogen and oxygen atoms in total. The van der Waals surface area contributed by atoms with Gasteiger partial charge in [-0.1, -0.05) is 80.9 Å². The number of carbonyl (C=O) groups is 2. The molecule has 0 fully saturated rings. The lowest BCUT2D eigenvalue weighted by molar-refractivity contribution is -0.133. The van der Waals surface area contributed by atoms with Crippen molar-refractivity contribution in [2.75, 3.05) is 13.1 Å². The van der Waals surface area contributed by atoms with Crippen molar-refractivity contribution >= 4 is 23.3 Å². The molecule has 0 aliphatic rings. The highest BCUT2D eigenvalue weighted by atomic mass is 32.1. The van der Waals surface area contributed by atoms with E-state index in [0.29, 0.717) is 32.1 Å². The van der Waals surface area contributed by atoms with Crippen molar-refractivity contribution in [3.8, 4) is 0 Å². The third kappa shape index (κ3) is 8.03. The number of urea groups is 1. The average molecular weight is 478 g/mol. The summed E-state index contributed by atoms with van der Waals surface area (Å²) in [6.07, 6.45) is 0.943. The molecular formula is C28H35N3O2S. The van der Waals surface area contributed by atoms with Crippen LogP contribution in [0.1, 0.15) is 41.1 Å². The quantitative estimate of drug-likeness (QED) is 0.377. The van der Waals surface area contributed by atoms with E-state index in [9.17, 15) is 9.59 Å². The largest absolute Gasteiger partial charge is 0.334 e. The molecule has 0 saturated heterocycles. The highest BCUT2D eigenvalue weighted by molar-refractivity contribution is 7.11. The number of nitrogens with zero attached hydrogens (tertiary/aromatic N) is 2. The van der Waals surface area contributed by atoms with Gasteiger partial charge < -0.3 is 15.1 Å². The minimum Gasteiger partial charge on any atom is -0.334 e. The van der Waals surface area contributed by atoms with E-state index in [-0.39, 0.29) is 18.5 Å². The Bertz CT molecular complexity index is 1040. The Morgan fingerprint density at radius 3 is 2.12 bits per heavy atom. The molecular weight excluding hydrogens is 442 g/mol. The van der Waals surface area contributed by atoms with Gasteiger partial charge in [-0.3, -0.25) is 4.79 Å². The van der Waals surface area contributed by atoms with Crippen LogP contribution >= 0.6 is 11.3 Å². The smallest absolute Gasteiger partial charge is 0.318 e. The maximum Gasteiger partial charge on any atom is 0.318 e. The van der Waals surface area contributed by atoms with Gasteiger partial charge in [-0.05, 0) is 36.1 Å². The van der Waals surface area contributed by atoms with Crippen LogP contribution in [-0.4, -0.2) is 34.8 Å². The SMILES string of the molecule is CCC(C)CN(CC(=O)N(Cc1ccccc1)Cc1ccc(C)s1)C(=O)NCc1ccccc1. The zero-order chi connectivity index (χ0) is 24.3. The lowest BCUT2D eigenvalue weighted by Gasteiger charge is -2.29. The Morgan fingerprint density at radius 1 is 0.882 bits per heavy atom. The molecule has 180 valence electrons. The van der Waals surface area contributed by atoms with Crippen LogP contribution in [0, 0.1) is 12.8 Å². The molecule has 0 aliphatic heterocycles. The Labute approximate surface area is 207 Å². The number of benzene rings is 2. The fraction of sp³-hybridized carbons (Fsp3) is 0.357. The van der Waals surface area contributed by atoms with Gasteiger partial charge in [-0.15, -0.1) is 11.3 Å². The molecule has 0 bridgehead atoms. The molecule has 1 unspecified atom stereocenters. The van der Waals surface area contributed by atoms with Gasteiger partial charge in [0.15, 0.2) is 0 Å². The third-order valence-electron chi connectivity index (χ3n) is 5.84. The standard InChI is InChI=1S/C28H35N3O2S/c1-4-22(2)18-31(28(33)29-17-24-11-7-5-8-12-24)21-27(32)30(19-25-13-9-6-10-14-25)20-26-16-15-23(3)34-26/h5-16,22H,4,17-21H2,1-3H3,(H,29,33). The maximum atomic E-state index is 13.5. The van der Waals surface area contributed by atoms with Crippen LogP contribution in [0.15, 0.2) is 72.8 Å². The van der Waals surface area contributed by atoms with E-state index >= 15 is 0 Å². The molecule has 34 heavy (non-hydrogen) atoms. The summed E-state index contributed by atoms with van der Waals surface area (Å²) in [5, 5.41) is 2.99. The number of carbonyl (C=O) groups excluding carboxylic acids is 2. The van der Waals surface area contributed by atoms with Gasteiger partial charge in [0.05, 0.1) is 6.54 Å². The Morgan fingerprint density at radius 2 is 1.53 bits per heavy atom. The molecule has 1 N–H and O–H groups in total. The second kappa shape index (κ2) is 12.9. The van der Waals surface area contributed by atoms with E-state index in [1.165, 1.54) is 4.88 Å². The normalized spacial score (nSPS) is 11.6. The fourth-order valence-corrected chi connectivity index (χ4v) is 4.57. The van der Waals surface area contributed by atoms with Gasteiger partial charge >= 0.3 is 6.03 Å². The molecule has 1 atom stereocenters. The third-order valence-corrected chi connectivity index (χ3v) is 6.83. The summed E-state index contributed by atoms with van der Waals surface area (Å²) in [7, 11) is 0. The van der Waals surface area contributed by atoms with E-state index in [1.54, 1.807) is 16.2 Å². The Kier molecular flexibility index (Phi) is 9.71. The highest BCUT2D eigenvalue weighted by Gasteiger charge is 2.23. The summed E-state index contributed by atoms with van der Waals surface area (Å²) in [6.45, 7) is 8.37. The molecule has 0 aliphatic carbocycles. The second-order valence-electron chi connectivity index (χ2n) is 8.79. The molecule has 0 saturated carbocycles. The van der Waals surface area contributed by atoms with Crippen molar-refractivity contribution in [1.29, 1.82) is 0 Å². The van der Waals surface area contributed by atoms with Gasteiger partial charge in [0.1, 0.15) is 6.54 Å². The number of amides is 3. The van der Waals surface area contributed by atoms with Crippen LogP contribution in [0.4, 0.5) is 4.79 Å². The molecule has 2 aromatic carbocycles. The summed E-state index contributed by atoms with van der Waals surface area (Å²) in [4.78, 5) is 32.5. The van der Waals surface area contributed by atoms with E-state index in [1.807, 2.05) is 65.6 Å². The van der Waals surface area contributed by atoms with Crippen LogP contribution in [0.2, 0.25) is 0 Å². The first-order valence-electron chi connectivity index (χ1n) is 11.9. The van der Waals surface area contributed by atoms with Crippen molar-refractivity contribution in [3.05, 3.63) is 93.7 Å². The molecule has 0 radical (unpaired) electrons. The van der Waals surface area contributed by atoms with Gasteiger partial charge in [0, 0.05) is 29.4 Å². The highest BCUT2D eigenvalue weighted by Crippen LogP contribution is 2.19. The number of hydrogen-bond donors (Lipinski definition) is 1. The first-order valence-corrected chi connectivity index (χ1v) is 12.7. The summed E-state index contributed by atoms with van der Waals surface area (Å²) in [6, 6.07) is 23.8. The van der Waals surface area contributed by atoms with Crippen LogP contribution in [0.25, 0.3) is 0 Å². The Hall–Kier alpha value is -3.12. The topological polar surface area (TPSA) is 52.7 Å². The van der Waals surface area contributed by atoms with Crippen LogP contribution < -0.4 is 5.32 Å². The number of nitrogens with one attached hydrogen (secondary N) is 1. The van der Waals surface area contributed by atoms with Crippen LogP contribution in [-0.2, 0) is 24.4 Å². The second-order valence-corrected chi connectivity index (χ2v) is 10.2. The van der Waals surface area contributed by atoms with E-state index < -0.39 is 0 Å². The maximum absolute atomic E-state index is 13.5. The van der Waals surface area contributed by atoms with E-state index in [2.05, 4.69) is 38.2 Å². The molecule has 1 aromatic heterocycles. The first-order chi connectivity index (χ1) is 16.4. The molecule has 3 amide bonds. The summed E-state index contributed by atoms with van der Waals surface area (Å²) < 4.78 is 0. The van der Waals surface area contributed by atoms with Gasteiger partial charge in [0.2, 0.25) is 5.91 Å². The minimum atomic E-state index is -0.205. The molecule has 0 spiro atoms.